The molecule has 180 valence electrons. The van der Waals surface area contributed by atoms with Crippen LogP contribution in [0, 0.1) is 18.3 Å². The van der Waals surface area contributed by atoms with E-state index in [4.69, 9.17) is 22.8 Å². The normalized spacial score (nSPS) is 37.2. The Morgan fingerprint density at radius 2 is 2.12 bits per heavy atom. The van der Waals surface area contributed by atoms with Crippen molar-refractivity contribution in [2.75, 3.05) is 26.9 Å². The van der Waals surface area contributed by atoms with Gasteiger partial charge in [-0.3, -0.25) is 15.4 Å². The van der Waals surface area contributed by atoms with Crippen molar-refractivity contribution in [1.82, 2.24) is 26.6 Å². The van der Waals surface area contributed by atoms with Crippen molar-refractivity contribution in [2.24, 2.45) is 5.92 Å². The monoisotopic (exact) mass is 469 g/mol. The molecule has 1 saturated heterocycles. The molecule has 9 heteroatoms. The van der Waals surface area contributed by atoms with Crippen LogP contribution in [0.15, 0.2) is 12.2 Å². The van der Waals surface area contributed by atoms with Gasteiger partial charge in [0.25, 0.3) is 0 Å². The quantitative estimate of drug-likeness (QED) is 0.150. The minimum Gasteiger partial charge on any atom is -0.380 e. The van der Waals surface area contributed by atoms with Crippen LogP contribution in [0.25, 0.3) is 0 Å². The lowest BCUT2D eigenvalue weighted by Gasteiger charge is -2.49. The summed E-state index contributed by atoms with van der Waals surface area (Å²) in [7, 11) is 1.73. The molecule has 2 aliphatic carbocycles. The van der Waals surface area contributed by atoms with Crippen LogP contribution in [-0.4, -0.2) is 74.7 Å². The summed E-state index contributed by atoms with van der Waals surface area (Å²) >= 11 is 6.19. The molecule has 3 fully saturated rings. The maximum absolute atomic E-state index is 13.8. The Bertz CT molecular complexity index is 690. The number of carbonyl (C=O) groups is 1. The number of nitrogens with one attached hydrogen (secondary N) is 5. The van der Waals surface area contributed by atoms with Gasteiger partial charge in [0.2, 0.25) is 5.91 Å². The van der Waals surface area contributed by atoms with Gasteiger partial charge in [0, 0.05) is 62.9 Å². The molecule has 0 aromatic heterocycles. The van der Waals surface area contributed by atoms with Gasteiger partial charge in [-0.05, 0) is 32.1 Å². The minimum atomic E-state index is -0.911. The van der Waals surface area contributed by atoms with E-state index in [0.29, 0.717) is 56.6 Å². The second-order valence-corrected chi connectivity index (χ2v) is 9.65. The predicted molar refractivity (Wildman–Crippen MR) is 125 cm³/mol. The van der Waals surface area contributed by atoms with Crippen molar-refractivity contribution in [1.29, 1.82) is 0 Å². The summed E-state index contributed by atoms with van der Waals surface area (Å²) in [5, 5.41) is 16.6. The zero-order valence-electron chi connectivity index (χ0n) is 18.8. The Hall–Kier alpha value is -1.21. The summed E-state index contributed by atoms with van der Waals surface area (Å²) in [5.74, 6) is 2.64. The molecule has 7 nitrogen and oxygen atoms in total. The van der Waals surface area contributed by atoms with Crippen LogP contribution < -0.4 is 26.6 Å². The van der Waals surface area contributed by atoms with E-state index < -0.39 is 11.5 Å². The summed E-state index contributed by atoms with van der Waals surface area (Å²) in [6.07, 6.45) is 8.65. The third-order valence-electron chi connectivity index (χ3n) is 6.96. The molecule has 0 aromatic carbocycles. The fraction of sp³-hybridized carbons (Fsp3) is 0.783. The fourth-order valence-electron chi connectivity index (χ4n) is 5.10. The molecule has 5 N–H and O–H groups in total. The number of methoxy groups -OCH3 is 1. The maximum Gasteiger partial charge on any atom is 0.247 e. The van der Waals surface area contributed by atoms with E-state index >= 15 is 0 Å². The molecule has 0 bridgehead atoms. The largest absolute Gasteiger partial charge is 0.380 e. The van der Waals surface area contributed by atoms with Crippen LogP contribution in [0.3, 0.4) is 0 Å². The summed E-state index contributed by atoms with van der Waals surface area (Å²) in [4.78, 5) is 12.2. The summed E-state index contributed by atoms with van der Waals surface area (Å²) in [5.41, 5.74) is 0.477. The summed E-state index contributed by atoms with van der Waals surface area (Å²) in [6, 6.07) is 0.611. The average molecular weight is 470 g/mol. The molecule has 1 amide bonds. The van der Waals surface area contributed by atoms with E-state index in [9.17, 15) is 9.18 Å². The molecule has 8 atom stereocenters. The second-order valence-electron chi connectivity index (χ2n) is 9.09. The Kier molecular flexibility index (Phi) is 9.77. The van der Waals surface area contributed by atoms with Gasteiger partial charge in [-0.1, -0.05) is 6.58 Å². The van der Waals surface area contributed by atoms with Crippen LogP contribution in [-0.2, 0) is 9.53 Å². The van der Waals surface area contributed by atoms with E-state index in [1.54, 1.807) is 7.11 Å². The molecule has 2 saturated carbocycles. The van der Waals surface area contributed by atoms with E-state index in [-0.39, 0.29) is 30.3 Å². The first-order chi connectivity index (χ1) is 15.4. The number of hydrogen-bond acceptors (Lipinski definition) is 6. The van der Waals surface area contributed by atoms with Crippen molar-refractivity contribution in [3.63, 3.8) is 0 Å². The van der Waals surface area contributed by atoms with E-state index in [1.165, 1.54) is 0 Å². The van der Waals surface area contributed by atoms with Gasteiger partial charge in [0.1, 0.15) is 6.17 Å². The Morgan fingerprint density at radius 3 is 2.84 bits per heavy atom. The molecular weight excluding hydrogens is 433 g/mol. The summed E-state index contributed by atoms with van der Waals surface area (Å²) in [6.45, 7) is 5.45. The lowest BCUT2D eigenvalue weighted by Crippen LogP contribution is -2.68. The molecule has 1 heterocycles. The van der Waals surface area contributed by atoms with Gasteiger partial charge in [0.05, 0.1) is 17.6 Å². The standard InChI is InChI=1S/C23H37ClFN5O2/c1-4-5-8-26-23(31)14(2)12-27-20-10-16-19(11-21(20)32-3)28-13-29-22(16)30-15-6-7-18(25)17(24)9-15/h1,15-22,27-30H,2,5-13H2,3H3,(H,26,31). The van der Waals surface area contributed by atoms with Crippen LogP contribution >= 0.6 is 11.6 Å². The first-order valence-electron chi connectivity index (χ1n) is 11.6. The molecule has 0 radical (unpaired) electrons. The number of alkyl halides is 2. The Labute approximate surface area is 196 Å². The van der Waals surface area contributed by atoms with Crippen molar-refractivity contribution in [3.05, 3.63) is 12.2 Å². The lowest BCUT2D eigenvalue weighted by molar-refractivity contribution is -0.117. The van der Waals surface area contributed by atoms with E-state index in [0.717, 1.165) is 19.3 Å². The predicted octanol–water partition coefficient (Wildman–Crippen LogP) is 0.998. The molecule has 3 rings (SSSR count). The number of hydrogen-bond donors (Lipinski definition) is 5. The number of carbonyl (C=O) groups excluding carboxylic acids is 1. The second kappa shape index (κ2) is 12.3. The fourth-order valence-corrected chi connectivity index (χ4v) is 5.44. The maximum atomic E-state index is 13.8. The lowest BCUT2D eigenvalue weighted by atomic mass is 9.76. The zero-order valence-corrected chi connectivity index (χ0v) is 19.6. The highest BCUT2D eigenvalue weighted by Crippen LogP contribution is 2.32. The van der Waals surface area contributed by atoms with Crippen LogP contribution in [0.5, 0.6) is 0 Å². The highest BCUT2D eigenvalue weighted by atomic mass is 35.5. The number of fused-ring (bicyclic) bond motifs is 1. The van der Waals surface area contributed by atoms with Crippen molar-refractivity contribution < 1.29 is 13.9 Å². The smallest absolute Gasteiger partial charge is 0.247 e. The molecule has 0 aromatic rings. The summed E-state index contributed by atoms with van der Waals surface area (Å²) < 4.78 is 19.6. The third-order valence-corrected chi connectivity index (χ3v) is 7.41. The molecule has 32 heavy (non-hydrogen) atoms. The van der Waals surface area contributed by atoms with Crippen LogP contribution in [0.2, 0.25) is 0 Å². The van der Waals surface area contributed by atoms with Crippen LogP contribution in [0.4, 0.5) is 4.39 Å². The van der Waals surface area contributed by atoms with Gasteiger partial charge in [-0.15, -0.1) is 23.9 Å². The van der Waals surface area contributed by atoms with Gasteiger partial charge in [0.15, 0.2) is 0 Å². The molecule has 1 aliphatic heterocycles. The molecule has 0 spiro atoms. The first-order valence-corrected chi connectivity index (χ1v) is 12.0. The molecular formula is C23H37ClFN5O2. The number of halogens is 2. The SMILES string of the molecule is C#CCCNC(=O)C(=C)CNC1CC2C(CC1OC)NCNC2NC1CCC(F)C(Cl)C1. The van der Waals surface area contributed by atoms with Crippen molar-refractivity contribution >= 4 is 17.5 Å². The number of terminal acetylenes is 1. The van der Waals surface area contributed by atoms with Crippen LogP contribution in [0.1, 0.15) is 38.5 Å². The Balaban J connectivity index is 1.55. The zero-order chi connectivity index (χ0) is 23.1. The van der Waals surface area contributed by atoms with E-state index in [1.807, 2.05) is 0 Å². The van der Waals surface area contributed by atoms with Gasteiger partial charge < -0.3 is 20.7 Å². The topological polar surface area (TPSA) is 86.5 Å². The highest BCUT2D eigenvalue weighted by Gasteiger charge is 2.43. The highest BCUT2D eigenvalue weighted by molar-refractivity contribution is 6.21. The van der Waals surface area contributed by atoms with Crippen molar-refractivity contribution in [2.45, 2.75) is 80.5 Å². The van der Waals surface area contributed by atoms with Gasteiger partial charge in [-0.25, -0.2) is 4.39 Å². The number of ether oxygens (including phenoxy) is 1. The minimum absolute atomic E-state index is 0.0361. The average Bonchev–Trinajstić information content (AvgIpc) is 2.79. The molecule has 8 unspecified atom stereocenters. The first kappa shape index (κ1) is 25.4. The van der Waals surface area contributed by atoms with Gasteiger partial charge in [-0.2, -0.15) is 0 Å². The molecule has 3 aliphatic rings. The number of rotatable bonds is 9. The third kappa shape index (κ3) is 6.66. The Morgan fingerprint density at radius 1 is 1.31 bits per heavy atom. The van der Waals surface area contributed by atoms with E-state index in [2.05, 4.69) is 39.1 Å². The van der Waals surface area contributed by atoms with Crippen molar-refractivity contribution in [3.8, 4) is 12.3 Å². The van der Waals surface area contributed by atoms with Gasteiger partial charge >= 0.3 is 0 Å². The number of amides is 1.